The van der Waals surface area contributed by atoms with Crippen LogP contribution in [-0.2, 0) is 0 Å². The van der Waals surface area contributed by atoms with Gasteiger partial charge in [0.25, 0.3) is 0 Å². The molecule has 0 aliphatic carbocycles. The van der Waals surface area contributed by atoms with Crippen molar-refractivity contribution in [1.29, 1.82) is 0 Å². The summed E-state index contributed by atoms with van der Waals surface area (Å²) in [6, 6.07) is 14.7. The van der Waals surface area contributed by atoms with Crippen molar-refractivity contribution >= 4 is 23.1 Å². The van der Waals surface area contributed by atoms with Gasteiger partial charge in [-0.25, -0.2) is 0 Å². The summed E-state index contributed by atoms with van der Waals surface area (Å²) in [6.45, 7) is 3.20. The van der Waals surface area contributed by atoms with Crippen molar-refractivity contribution in [2.75, 3.05) is 18.5 Å². The van der Waals surface area contributed by atoms with Gasteiger partial charge in [-0.15, -0.1) is 0 Å². The Morgan fingerprint density at radius 2 is 1.76 bits per heavy atom. The summed E-state index contributed by atoms with van der Waals surface area (Å²) in [5.41, 5.74) is 1.66. The van der Waals surface area contributed by atoms with Gasteiger partial charge in [-0.05, 0) is 55.5 Å². The molecule has 0 aliphatic rings. The molecule has 0 saturated carbocycles. The molecule has 0 aromatic heterocycles. The summed E-state index contributed by atoms with van der Waals surface area (Å²) >= 11 is 5.80. The van der Waals surface area contributed by atoms with E-state index in [0.29, 0.717) is 30.2 Å². The van der Waals surface area contributed by atoms with Crippen molar-refractivity contribution in [2.45, 2.75) is 13.3 Å². The molecule has 0 fully saturated rings. The van der Waals surface area contributed by atoms with Crippen LogP contribution in [0.5, 0.6) is 5.75 Å². The number of carbonyl (C=O) groups excluding carboxylic acids is 1. The zero-order valence-electron chi connectivity index (χ0n) is 11.9. The number of ketones is 1. The highest BCUT2D eigenvalue weighted by atomic mass is 35.5. The lowest BCUT2D eigenvalue weighted by Crippen LogP contribution is -2.08. The summed E-state index contributed by atoms with van der Waals surface area (Å²) in [4.78, 5) is 12.0. The molecule has 0 atom stereocenters. The van der Waals surface area contributed by atoms with Crippen molar-refractivity contribution in [2.24, 2.45) is 0 Å². The minimum atomic E-state index is 0.102. The molecule has 0 spiro atoms. The Morgan fingerprint density at radius 3 is 2.38 bits per heavy atom. The van der Waals surface area contributed by atoms with E-state index in [4.69, 9.17) is 16.3 Å². The number of rotatable bonds is 7. The van der Waals surface area contributed by atoms with Crippen molar-refractivity contribution in [3.63, 3.8) is 0 Å². The molecule has 4 heteroatoms. The van der Waals surface area contributed by atoms with E-state index < -0.39 is 0 Å². The highest BCUT2D eigenvalue weighted by molar-refractivity contribution is 6.30. The Balaban J connectivity index is 1.80. The van der Waals surface area contributed by atoms with E-state index in [1.807, 2.05) is 31.2 Å². The normalized spacial score (nSPS) is 10.2. The lowest BCUT2D eigenvalue weighted by molar-refractivity contribution is 0.0986. The third-order valence-electron chi connectivity index (χ3n) is 3.01. The second kappa shape index (κ2) is 7.70. The van der Waals surface area contributed by atoms with Crippen LogP contribution in [-0.4, -0.2) is 18.9 Å². The molecule has 0 bridgehead atoms. The van der Waals surface area contributed by atoms with E-state index in [0.717, 1.165) is 11.4 Å². The predicted octanol–water partition coefficient (Wildman–Crippen LogP) is 4.42. The van der Waals surface area contributed by atoms with Gasteiger partial charge in [0, 0.05) is 29.2 Å². The lowest BCUT2D eigenvalue weighted by Gasteiger charge is -2.08. The van der Waals surface area contributed by atoms with Crippen LogP contribution in [0.1, 0.15) is 23.7 Å². The van der Waals surface area contributed by atoms with Crippen LogP contribution in [0, 0.1) is 0 Å². The summed E-state index contributed by atoms with van der Waals surface area (Å²) in [5, 5.41) is 3.86. The molecule has 0 amide bonds. The fourth-order valence-electron chi connectivity index (χ4n) is 1.94. The first-order valence-corrected chi connectivity index (χ1v) is 7.32. The predicted molar refractivity (Wildman–Crippen MR) is 86.5 cm³/mol. The molecule has 0 saturated heterocycles. The molecular formula is C17H18ClNO2. The average molecular weight is 304 g/mol. The first-order valence-electron chi connectivity index (χ1n) is 6.94. The number of hydrogen-bond donors (Lipinski definition) is 1. The van der Waals surface area contributed by atoms with E-state index in [2.05, 4.69) is 5.32 Å². The van der Waals surface area contributed by atoms with Crippen LogP contribution in [0.4, 0.5) is 5.69 Å². The first kappa shape index (κ1) is 15.4. The molecule has 2 aromatic rings. The monoisotopic (exact) mass is 303 g/mol. The van der Waals surface area contributed by atoms with Gasteiger partial charge < -0.3 is 10.1 Å². The molecule has 0 heterocycles. The third kappa shape index (κ3) is 4.80. The van der Waals surface area contributed by atoms with Gasteiger partial charge in [0.2, 0.25) is 0 Å². The summed E-state index contributed by atoms with van der Waals surface area (Å²) in [5.74, 6) is 0.949. The van der Waals surface area contributed by atoms with Crippen LogP contribution in [0.3, 0.4) is 0 Å². The number of carbonyl (C=O) groups is 1. The maximum atomic E-state index is 12.0. The highest BCUT2D eigenvalue weighted by Gasteiger charge is 2.05. The SMILES string of the molecule is CCOc1ccc(NCCC(=O)c2ccc(Cl)cc2)cc1. The van der Waals surface area contributed by atoms with Crippen LogP contribution < -0.4 is 10.1 Å². The second-order valence-electron chi connectivity index (χ2n) is 4.56. The van der Waals surface area contributed by atoms with Crippen molar-refractivity contribution < 1.29 is 9.53 Å². The number of benzene rings is 2. The minimum absolute atomic E-state index is 0.102. The first-order chi connectivity index (χ1) is 10.2. The summed E-state index contributed by atoms with van der Waals surface area (Å²) in [7, 11) is 0. The van der Waals surface area contributed by atoms with Gasteiger partial charge in [0.05, 0.1) is 6.61 Å². The molecule has 3 nitrogen and oxygen atoms in total. The topological polar surface area (TPSA) is 38.3 Å². The van der Waals surface area contributed by atoms with Crippen molar-refractivity contribution in [3.8, 4) is 5.75 Å². The van der Waals surface area contributed by atoms with Crippen molar-refractivity contribution in [1.82, 2.24) is 0 Å². The van der Waals surface area contributed by atoms with E-state index >= 15 is 0 Å². The van der Waals surface area contributed by atoms with Crippen LogP contribution in [0.15, 0.2) is 48.5 Å². The smallest absolute Gasteiger partial charge is 0.164 e. The van der Waals surface area contributed by atoms with E-state index in [1.54, 1.807) is 24.3 Å². The molecular weight excluding hydrogens is 286 g/mol. The molecule has 110 valence electrons. The van der Waals surface area contributed by atoms with E-state index in [9.17, 15) is 4.79 Å². The summed E-state index contributed by atoms with van der Waals surface area (Å²) < 4.78 is 5.38. The quantitative estimate of drug-likeness (QED) is 0.769. The molecule has 0 aliphatic heterocycles. The number of halogens is 1. The fourth-order valence-corrected chi connectivity index (χ4v) is 2.06. The van der Waals surface area contributed by atoms with Gasteiger partial charge in [0.15, 0.2) is 5.78 Å². The van der Waals surface area contributed by atoms with Crippen molar-refractivity contribution in [3.05, 3.63) is 59.1 Å². The van der Waals surface area contributed by atoms with Gasteiger partial charge in [-0.3, -0.25) is 4.79 Å². The highest BCUT2D eigenvalue weighted by Crippen LogP contribution is 2.16. The standard InChI is InChI=1S/C17H18ClNO2/c1-2-21-16-9-7-15(8-10-16)19-12-11-17(20)13-3-5-14(18)6-4-13/h3-10,19H,2,11-12H2,1H3. The van der Waals surface area contributed by atoms with Crippen LogP contribution in [0.2, 0.25) is 5.02 Å². The second-order valence-corrected chi connectivity index (χ2v) is 5.00. The Kier molecular flexibility index (Phi) is 5.64. The Bertz CT molecular complexity index is 579. The summed E-state index contributed by atoms with van der Waals surface area (Å²) in [6.07, 6.45) is 0.439. The third-order valence-corrected chi connectivity index (χ3v) is 3.26. The van der Waals surface area contributed by atoms with E-state index in [-0.39, 0.29) is 5.78 Å². The fraction of sp³-hybridized carbons (Fsp3) is 0.235. The zero-order valence-corrected chi connectivity index (χ0v) is 12.7. The maximum absolute atomic E-state index is 12.0. The van der Waals surface area contributed by atoms with Gasteiger partial charge in [0.1, 0.15) is 5.75 Å². The van der Waals surface area contributed by atoms with Gasteiger partial charge >= 0.3 is 0 Å². The Morgan fingerprint density at radius 1 is 1.10 bits per heavy atom. The van der Waals surface area contributed by atoms with Crippen LogP contribution >= 0.6 is 11.6 Å². The molecule has 2 aromatic carbocycles. The molecule has 21 heavy (non-hydrogen) atoms. The lowest BCUT2D eigenvalue weighted by atomic mass is 10.1. The minimum Gasteiger partial charge on any atom is -0.494 e. The molecule has 0 unspecified atom stereocenters. The van der Waals surface area contributed by atoms with Crippen LogP contribution in [0.25, 0.3) is 0 Å². The van der Waals surface area contributed by atoms with Gasteiger partial charge in [-0.1, -0.05) is 11.6 Å². The number of anilines is 1. The average Bonchev–Trinajstić information content (AvgIpc) is 2.50. The Hall–Kier alpha value is -2.00. The largest absolute Gasteiger partial charge is 0.494 e. The zero-order chi connectivity index (χ0) is 15.1. The number of ether oxygens (including phenoxy) is 1. The number of hydrogen-bond acceptors (Lipinski definition) is 3. The molecule has 2 rings (SSSR count). The Labute approximate surface area is 129 Å². The maximum Gasteiger partial charge on any atom is 0.164 e. The van der Waals surface area contributed by atoms with E-state index in [1.165, 1.54) is 0 Å². The molecule has 1 N–H and O–H groups in total. The molecule has 0 radical (unpaired) electrons. The number of nitrogens with one attached hydrogen (secondary N) is 1. The number of Topliss-reactive ketones (excluding diaryl/α,β-unsaturated/α-hetero) is 1. The van der Waals surface area contributed by atoms with Gasteiger partial charge in [-0.2, -0.15) is 0 Å².